The maximum atomic E-state index is 12.1. The number of rotatable bonds is 10. The van der Waals surface area contributed by atoms with E-state index < -0.39 is 0 Å². The highest BCUT2D eigenvalue weighted by Crippen LogP contribution is 2.29. The fraction of sp³-hybridized carbons (Fsp3) is 0.286. The first-order valence-electron chi connectivity index (χ1n) is 8.75. The van der Waals surface area contributed by atoms with E-state index in [1.54, 1.807) is 49.6 Å². The van der Waals surface area contributed by atoms with Crippen molar-refractivity contribution in [1.82, 2.24) is 0 Å². The van der Waals surface area contributed by atoms with Gasteiger partial charge in [0.05, 0.1) is 26.3 Å². The van der Waals surface area contributed by atoms with Gasteiger partial charge in [-0.2, -0.15) is 0 Å². The molecule has 0 heterocycles. The number of carbonyl (C=O) groups excluding carboxylic acids is 3. The molecule has 0 atom stereocenters. The molecule has 0 radical (unpaired) electrons. The van der Waals surface area contributed by atoms with Gasteiger partial charge in [-0.05, 0) is 42.8 Å². The monoisotopic (exact) mass is 403 g/mol. The Morgan fingerprint density at radius 2 is 1.68 bits per heavy atom. The molecule has 1 N–H and O–H groups in total. The number of ether oxygens (including phenoxy) is 2. The third-order valence-corrected chi connectivity index (χ3v) is 4.32. The second-order valence-electron chi connectivity index (χ2n) is 6.11. The molecule has 148 valence electrons. The lowest BCUT2D eigenvalue weighted by Gasteiger charge is -2.11. The molecule has 0 unspecified atom stereocenters. The Labute approximate surface area is 168 Å². The SMILES string of the molecule is COc1ccc(NC(=O)CCCC(=O)CC(=O)c2ccc(Cl)cc2)c(OC)c1. The number of hydrogen-bond donors (Lipinski definition) is 1. The fourth-order valence-corrected chi connectivity index (χ4v) is 2.69. The number of Topliss-reactive ketones (excluding diaryl/α,β-unsaturated/α-hetero) is 2. The second-order valence-corrected chi connectivity index (χ2v) is 6.55. The number of anilines is 1. The van der Waals surface area contributed by atoms with Crippen LogP contribution in [0.2, 0.25) is 5.02 Å². The molecule has 0 aliphatic heterocycles. The van der Waals surface area contributed by atoms with Crippen molar-refractivity contribution in [3.63, 3.8) is 0 Å². The van der Waals surface area contributed by atoms with E-state index in [2.05, 4.69) is 5.32 Å². The van der Waals surface area contributed by atoms with Crippen LogP contribution in [0.25, 0.3) is 0 Å². The van der Waals surface area contributed by atoms with E-state index in [1.807, 2.05) is 0 Å². The maximum Gasteiger partial charge on any atom is 0.224 e. The summed E-state index contributed by atoms with van der Waals surface area (Å²) in [6, 6.07) is 11.5. The molecule has 2 rings (SSSR count). The van der Waals surface area contributed by atoms with Crippen LogP contribution >= 0.6 is 11.6 Å². The normalized spacial score (nSPS) is 10.2. The molecule has 2 aromatic carbocycles. The fourth-order valence-electron chi connectivity index (χ4n) is 2.57. The van der Waals surface area contributed by atoms with Crippen molar-refractivity contribution < 1.29 is 23.9 Å². The molecule has 0 fully saturated rings. The Kier molecular flexibility index (Phi) is 8.02. The van der Waals surface area contributed by atoms with Crippen LogP contribution in [-0.4, -0.2) is 31.7 Å². The number of nitrogens with one attached hydrogen (secondary N) is 1. The number of halogens is 1. The number of benzene rings is 2. The highest BCUT2D eigenvalue weighted by molar-refractivity contribution is 6.30. The second kappa shape index (κ2) is 10.5. The Morgan fingerprint density at radius 3 is 2.32 bits per heavy atom. The molecule has 0 spiro atoms. The first-order valence-corrected chi connectivity index (χ1v) is 9.13. The van der Waals surface area contributed by atoms with Crippen molar-refractivity contribution in [1.29, 1.82) is 0 Å². The lowest BCUT2D eigenvalue weighted by molar-refractivity contribution is -0.118. The highest BCUT2D eigenvalue weighted by atomic mass is 35.5. The van der Waals surface area contributed by atoms with Gasteiger partial charge in [-0.15, -0.1) is 0 Å². The van der Waals surface area contributed by atoms with Crippen molar-refractivity contribution in [2.75, 3.05) is 19.5 Å². The molecule has 1 amide bonds. The molecular formula is C21H22ClNO5. The summed E-state index contributed by atoms with van der Waals surface area (Å²) < 4.78 is 10.3. The molecule has 0 saturated carbocycles. The molecule has 0 saturated heterocycles. The van der Waals surface area contributed by atoms with E-state index in [9.17, 15) is 14.4 Å². The van der Waals surface area contributed by atoms with Crippen molar-refractivity contribution in [2.45, 2.75) is 25.7 Å². The summed E-state index contributed by atoms with van der Waals surface area (Å²) in [6.45, 7) is 0. The predicted molar refractivity (Wildman–Crippen MR) is 107 cm³/mol. The van der Waals surface area contributed by atoms with Gasteiger partial charge < -0.3 is 14.8 Å². The minimum atomic E-state index is -0.255. The zero-order chi connectivity index (χ0) is 20.5. The van der Waals surface area contributed by atoms with E-state index in [1.165, 1.54) is 7.11 Å². The Morgan fingerprint density at radius 1 is 0.964 bits per heavy atom. The molecule has 0 aromatic heterocycles. The van der Waals surface area contributed by atoms with Crippen LogP contribution < -0.4 is 14.8 Å². The average molecular weight is 404 g/mol. The van der Waals surface area contributed by atoms with Crippen LogP contribution in [0.5, 0.6) is 11.5 Å². The summed E-state index contributed by atoms with van der Waals surface area (Å²) in [5, 5.41) is 3.28. The zero-order valence-corrected chi connectivity index (χ0v) is 16.5. The number of methoxy groups -OCH3 is 2. The number of hydrogen-bond acceptors (Lipinski definition) is 5. The van der Waals surface area contributed by atoms with Crippen molar-refractivity contribution >= 4 is 34.8 Å². The highest BCUT2D eigenvalue weighted by Gasteiger charge is 2.13. The first kappa shape index (κ1) is 21.4. The van der Waals surface area contributed by atoms with E-state index >= 15 is 0 Å². The predicted octanol–water partition coefficient (Wildman–Crippen LogP) is 4.31. The van der Waals surface area contributed by atoms with E-state index in [-0.39, 0.29) is 36.7 Å². The van der Waals surface area contributed by atoms with Crippen LogP contribution in [-0.2, 0) is 9.59 Å². The van der Waals surface area contributed by atoms with Gasteiger partial charge >= 0.3 is 0 Å². The molecule has 28 heavy (non-hydrogen) atoms. The number of ketones is 2. The van der Waals surface area contributed by atoms with Gasteiger partial charge in [0.2, 0.25) is 5.91 Å². The van der Waals surface area contributed by atoms with Crippen LogP contribution in [0, 0.1) is 0 Å². The van der Waals surface area contributed by atoms with E-state index in [4.69, 9.17) is 21.1 Å². The molecule has 6 nitrogen and oxygen atoms in total. The largest absolute Gasteiger partial charge is 0.497 e. The lowest BCUT2D eigenvalue weighted by Crippen LogP contribution is -2.13. The molecule has 2 aromatic rings. The molecule has 0 bridgehead atoms. The minimum Gasteiger partial charge on any atom is -0.497 e. The van der Waals surface area contributed by atoms with Crippen molar-refractivity contribution in [3.05, 3.63) is 53.1 Å². The van der Waals surface area contributed by atoms with Gasteiger partial charge in [0.15, 0.2) is 5.78 Å². The van der Waals surface area contributed by atoms with Crippen LogP contribution in [0.15, 0.2) is 42.5 Å². The van der Waals surface area contributed by atoms with E-state index in [0.717, 1.165) is 0 Å². The van der Waals surface area contributed by atoms with Crippen LogP contribution in [0.4, 0.5) is 5.69 Å². The standard InChI is InChI=1S/C21H22ClNO5/c1-27-17-10-11-18(20(13-17)28-2)23-21(26)5-3-4-16(24)12-19(25)14-6-8-15(22)9-7-14/h6-11,13H,3-5,12H2,1-2H3,(H,23,26). The van der Waals surface area contributed by atoms with Gasteiger partial charge in [0, 0.05) is 29.5 Å². The summed E-state index contributed by atoms with van der Waals surface area (Å²) in [5.74, 6) is 0.410. The van der Waals surface area contributed by atoms with Gasteiger partial charge in [-0.25, -0.2) is 0 Å². The number of amides is 1. The van der Waals surface area contributed by atoms with E-state index in [0.29, 0.717) is 34.2 Å². The Balaban J connectivity index is 1.78. The Hall–Kier alpha value is -2.86. The maximum absolute atomic E-state index is 12.1. The molecule has 0 aliphatic carbocycles. The Bertz CT molecular complexity index is 848. The zero-order valence-electron chi connectivity index (χ0n) is 15.8. The van der Waals surface area contributed by atoms with Crippen LogP contribution in [0.1, 0.15) is 36.0 Å². The van der Waals surface area contributed by atoms with Gasteiger partial charge in [0.25, 0.3) is 0 Å². The van der Waals surface area contributed by atoms with Crippen molar-refractivity contribution in [2.24, 2.45) is 0 Å². The molecule has 7 heteroatoms. The quantitative estimate of drug-likeness (QED) is 0.472. The summed E-state index contributed by atoms with van der Waals surface area (Å²) in [4.78, 5) is 36.2. The average Bonchev–Trinajstić information content (AvgIpc) is 2.68. The van der Waals surface area contributed by atoms with Crippen molar-refractivity contribution in [3.8, 4) is 11.5 Å². The van der Waals surface area contributed by atoms with Gasteiger partial charge in [0.1, 0.15) is 17.3 Å². The summed E-state index contributed by atoms with van der Waals surface area (Å²) >= 11 is 5.78. The first-order chi connectivity index (χ1) is 13.4. The van der Waals surface area contributed by atoms with Gasteiger partial charge in [-0.3, -0.25) is 14.4 Å². The van der Waals surface area contributed by atoms with Crippen LogP contribution in [0.3, 0.4) is 0 Å². The molecular weight excluding hydrogens is 382 g/mol. The minimum absolute atomic E-state index is 0.159. The smallest absolute Gasteiger partial charge is 0.224 e. The topological polar surface area (TPSA) is 81.7 Å². The summed E-state index contributed by atoms with van der Waals surface area (Å²) in [5.41, 5.74) is 0.972. The summed E-state index contributed by atoms with van der Waals surface area (Å²) in [7, 11) is 3.04. The third-order valence-electron chi connectivity index (χ3n) is 4.07. The molecule has 0 aliphatic rings. The summed E-state index contributed by atoms with van der Waals surface area (Å²) in [6.07, 6.45) is 0.495. The van der Waals surface area contributed by atoms with Gasteiger partial charge in [-0.1, -0.05) is 11.6 Å². The lowest BCUT2D eigenvalue weighted by atomic mass is 10.0. The number of carbonyl (C=O) groups is 3. The third kappa shape index (κ3) is 6.39.